The SMILES string of the molecule is CC(C)(C)N(CC(=O)N1CCc2sccc2[C@@H]1COc1ccc(Cl)cc1)C(=O)c1ccco1. The Kier molecular flexibility index (Phi) is 6.81. The van der Waals surface area contributed by atoms with Crippen LogP contribution in [0.5, 0.6) is 5.75 Å². The van der Waals surface area contributed by atoms with Crippen molar-refractivity contribution in [2.75, 3.05) is 19.7 Å². The first-order valence-corrected chi connectivity index (χ1v) is 12.1. The number of fused-ring (bicyclic) bond motifs is 1. The van der Waals surface area contributed by atoms with Crippen LogP contribution in [0.15, 0.2) is 58.5 Å². The van der Waals surface area contributed by atoms with Gasteiger partial charge in [-0.3, -0.25) is 9.59 Å². The second-order valence-corrected chi connectivity index (χ2v) is 10.4. The number of hydrogen-bond acceptors (Lipinski definition) is 5. The highest BCUT2D eigenvalue weighted by Gasteiger charge is 2.36. The van der Waals surface area contributed by atoms with E-state index >= 15 is 0 Å². The summed E-state index contributed by atoms with van der Waals surface area (Å²) in [4.78, 5) is 31.3. The van der Waals surface area contributed by atoms with Gasteiger partial charge < -0.3 is 19.0 Å². The first-order valence-electron chi connectivity index (χ1n) is 10.8. The molecule has 4 rings (SSSR count). The Hall–Kier alpha value is -2.77. The molecule has 1 aliphatic rings. The Bertz CT molecular complexity index is 1100. The molecule has 0 N–H and O–H groups in total. The fourth-order valence-electron chi connectivity index (χ4n) is 3.95. The van der Waals surface area contributed by atoms with Gasteiger partial charge in [-0.25, -0.2) is 0 Å². The van der Waals surface area contributed by atoms with E-state index in [9.17, 15) is 9.59 Å². The molecule has 0 spiro atoms. The van der Waals surface area contributed by atoms with Crippen LogP contribution in [0.2, 0.25) is 5.02 Å². The minimum Gasteiger partial charge on any atom is -0.491 e. The van der Waals surface area contributed by atoms with Crippen molar-refractivity contribution < 1.29 is 18.7 Å². The molecule has 1 atom stereocenters. The molecule has 3 heterocycles. The van der Waals surface area contributed by atoms with Crippen LogP contribution < -0.4 is 4.74 Å². The molecular weight excluding hydrogens is 460 g/mol. The quantitative estimate of drug-likeness (QED) is 0.465. The van der Waals surface area contributed by atoms with Crippen LogP contribution in [0.1, 0.15) is 47.8 Å². The van der Waals surface area contributed by atoms with Gasteiger partial charge in [-0.15, -0.1) is 11.3 Å². The third kappa shape index (κ3) is 5.25. The Balaban J connectivity index is 1.54. The number of halogens is 1. The van der Waals surface area contributed by atoms with Crippen LogP contribution in [0.3, 0.4) is 0 Å². The van der Waals surface area contributed by atoms with Crippen molar-refractivity contribution in [3.05, 3.63) is 75.3 Å². The van der Waals surface area contributed by atoms with Gasteiger partial charge in [0.2, 0.25) is 5.91 Å². The summed E-state index contributed by atoms with van der Waals surface area (Å²) in [6.45, 7) is 6.59. The lowest BCUT2D eigenvalue weighted by Gasteiger charge is -2.40. The fraction of sp³-hybridized carbons (Fsp3) is 0.360. The van der Waals surface area contributed by atoms with E-state index in [0.29, 0.717) is 23.9 Å². The van der Waals surface area contributed by atoms with Crippen molar-refractivity contribution in [3.8, 4) is 5.75 Å². The van der Waals surface area contributed by atoms with Gasteiger partial charge in [0, 0.05) is 22.0 Å². The maximum atomic E-state index is 13.6. The molecular formula is C25H27ClN2O4S. The van der Waals surface area contributed by atoms with Crippen molar-refractivity contribution in [2.45, 2.75) is 38.8 Å². The van der Waals surface area contributed by atoms with E-state index in [1.807, 2.05) is 37.8 Å². The molecule has 0 saturated carbocycles. The number of amides is 2. The van der Waals surface area contributed by atoms with Crippen molar-refractivity contribution in [3.63, 3.8) is 0 Å². The number of hydrogen-bond donors (Lipinski definition) is 0. The lowest BCUT2D eigenvalue weighted by Crippen LogP contribution is -2.53. The summed E-state index contributed by atoms with van der Waals surface area (Å²) >= 11 is 7.68. The molecule has 0 radical (unpaired) electrons. The number of ether oxygens (including phenoxy) is 1. The molecule has 2 aromatic heterocycles. The largest absolute Gasteiger partial charge is 0.491 e. The molecule has 2 amide bonds. The second kappa shape index (κ2) is 9.61. The van der Waals surface area contributed by atoms with Gasteiger partial charge in [0.05, 0.1) is 12.3 Å². The number of thiophene rings is 1. The van der Waals surface area contributed by atoms with Gasteiger partial charge in [-0.05, 0) is 80.6 Å². The third-order valence-electron chi connectivity index (χ3n) is 5.72. The zero-order valence-corrected chi connectivity index (χ0v) is 20.5. The summed E-state index contributed by atoms with van der Waals surface area (Å²) in [7, 11) is 0. The van der Waals surface area contributed by atoms with Crippen LogP contribution in [-0.4, -0.2) is 46.8 Å². The van der Waals surface area contributed by atoms with Crippen LogP contribution in [0.25, 0.3) is 0 Å². The lowest BCUT2D eigenvalue weighted by atomic mass is 9.99. The number of benzene rings is 1. The molecule has 0 fully saturated rings. The van der Waals surface area contributed by atoms with Gasteiger partial charge in [-0.2, -0.15) is 0 Å². The molecule has 0 saturated heterocycles. The molecule has 174 valence electrons. The molecule has 33 heavy (non-hydrogen) atoms. The highest BCUT2D eigenvalue weighted by Crippen LogP contribution is 2.34. The summed E-state index contributed by atoms with van der Waals surface area (Å²) in [5.41, 5.74) is 0.547. The number of carbonyl (C=O) groups excluding carboxylic acids is 2. The van der Waals surface area contributed by atoms with E-state index in [1.165, 1.54) is 11.1 Å². The molecule has 0 unspecified atom stereocenters. The lowest BCUT2D eigenvalue weighted by molar-refractivity contribution is -0.136. The fourth-order valence-corrected chi connectivity index (χ4v) is 5.01. The predicted molar refractivity (Wildman–Crippen MR) is 129 cm³/mol. The smallest absolute Gasteiger partial charge is 0.290 e. The molecule has 1 aromatic carbocycles. The van der Waals surface area contributed by atoms with E-state index in [2.05, 4.69) is 11.4 Å². The van der Waals surface area contributed by atoms with Crippen LogP contribution in [-0.2, 0) is 11.2 Å². The molecule has 0 bridgehead atoms. The minimum atomic E-state index is -0.557. The monoisotopic (exact) mass is 486 g/mol. The summed E-state index contributed by atoms with van der Waals surface area (Å²) in [6, 6.07) is 12.3. The first-order chi connectivity index (χ1) is 15.7. The van der Waals surface area contributed by atoms with E-state index in [-0.39, 0.29) is 30.2 Å². The number of rotatable bonds is 6. The molecule has 8 heteroatoms. The summed E-state index contributed by atoms with van der Waals surface area (Å²) in [5.74, 6) is 0.493. The van der Waals surface area contributed by atoms with Crippen molar-refractivity contribution in [2.24, 2.45) is 0 Å². The Morgan fingerprint density at radius 2 is 1.97 bits per heavy atom. The zero-order chi connectivity index (χ0) is 23.6. The average Bonchev–Trinajstić information content (AvgIpc) is 3.47. The van der Waals surface area contributed by atoms with Gasteiger partial charge in [0.25, 0.3) is 5.91 Å². The molecule has 1 aliphatic heterocycles. The van der Waals surface area contributed by atoms with E-state index < -0.39 is 5.54 Å². The van der Waals surface area contributed by atoms with E-state index in [0.717, 1.165) is 12.0 Å². The first kappa shape index (κ1) is 23.4. The Morgan fingerprint density at radius 3 is 2.64 bits per heavy atom. The minimum absolute atomic E-state index is 0.0417. The number of nitrogens with zero attached hydrogens (tertiary/aromatic N) is 2. The summed E-state index contributed by atoms with van der Waals surface area (Å²) < 4.78 is 11.3. The zero-order valence-electron chi connectivity index (χ0n) is 18.9. The number of carbonyl (C=O) groups is 2. The second-order valence-electron chi connectivity index (χ2n) is 8.96. The topological polar surface area (TPSA) is 63.0 Å². The van der Waals surface area contributed by atoms with E-state index in [1.54, 1.807) is 40.5 Å². The molecule has 6 nitrogen and oxygen atoms in total. The van der Waals surface area contributed by atoms with Crippen molar-refractivity contribution in [1.82, 2.24) is 9.80 Å². The van der Waals surface area contributed by atoms with Crippen molar-refractivity contribution >= 4 is 34.8 Å². The van der Waals surface area contributed by atoms with Gasteiger partial charge in [-0.1, -0.05) is 11.6 Å². The Labute approximate surface area is 202 Å². The van der Waals surface area contributed by atoms with Gasteiger partial charge in [0.15, 0.2) is 5.76 Å². The molecule has 3 aromatic rings. The molecule has 0 aliphatic carbocycles. The van der Waals surface area contributed by atoms with Crippen LogP contribution >= 0.6 is 22.9 Å². The highest BCUT2D eigenvalue weighted by atomic mass is 35.5. The number of furan rings is 1. The van der Waals surface area contributed by atoms with E-state index in [4.69, 9.17) is 20.8 Å². The van der Waals surface area contributed by atoms with Gasteiger partial charge in [0.1, 0.15) is 18.9 Å². The normalized spacial score (nSPS) is 15.8. The standard InChI is InChI=1S/C25H27ClN2O4S/c1-25(2,3)28(24(30)21-5-4-13-31-21)15-23(29)27-12-10-22-19(11-14-33-22)20(27)16-32-18-8-6-17(26)7-9-18/h4-9,11,13-14,20H,10,12,15-16H2,1-3H3/t20-/m0/s1. The Morgan fingerprint density at radius 1 is 1.21 bits per heavy atom. The summed E-state index contributed by atoms with van der Waals surface area (Å²) in [5, 5.41) is 2.69. The maximum Gasteiger partial charge on any atom is 0.290 e. The third-order valence-corrected chi connectivity index (χ3v) is 6.97. The maximum absolute atomic E-state index is 13.6. The van der Waals surface area contributed by atoms with Gasteiger partial charge >= 0.3 is 0 Å². The highest BCUT2D eigenvalue weighted by molar-refractivity contribution is 7.10. The summed E-state index contributed by atoms with van der Waals surface area (Å²) in [6.07, 6.45) is 2.25. The van der Waals surface area contributed by atoms with Crippen LogP contribution in [0.4, 0.5) is 0 Å². The van der Waals surface area contributed by atoms with Crippen LogP contribution in [0, 0.1) is 0 Å². The predicted octanol–water partition coefficient (Wildman–Crippen LogP) is 5.44. The van der Waals surface area contributed by atoms with Crippen molar-refractivity contribution in [1.29, 1.82) is 0 Å². The average molecular weight is 487 g/mol.